The van der Waals surface area contributed by atoms with Gasteiger partial charge in [0.25, 0.3) is 0 Å². The van der Waals surface area contributed by atoms with Gasteiger partial charge in [0.2, 0.25) is 0 Å². The van der Waals surface area contributed by atoms with Gasteiger partial charge in [0.05, 0.1) is 10.7 Å². The minimum absolute atomic E-state index is 0.517. The Morgan fingerprint density at radius 1 is 1.47 bits per heavy atom. The molecule has 17 heavy (non-hydrogen) atoms. The van der Waals surface area contributed by atoms with Gasteiger partial charge in [-0.2, -0.15) is 11.8 Å². The smallest absolute Gasteiger partial charge is 0.129 e. The summed E-state index contributed by atoms with van der Waals surface area (Å²) in [5.41, 5.74) is 0.890. The summed E-state index contributed by atoms with van der Waals surface area (Å²) in [6, 6.07) is 3.55. The molecule has 0 N–H and O–H groups in total. The molecule has 5 heteroatoms. The molecular formula is C12H16Cl2N2S. The average molecular weight is 291 g/mol. The van der Waals surface area contributed by atoms with E-state index in [1.54, 1.807) is 6.07 Å². The second-order valence-corrected chi connectivity index (χ2v) is 6.40. The van der Waals surface area contributed by atoms with Crippen LogP contribution in [-0.2, 0) is 6.54 Å². The van der Waals surface area contributed by atoms with E-state index in [9.17, 15) is 0 Å². The molecule has 1 aliphatic heterocycles. The SMILES string of the molecule is CCC1CN(Cc2nc(Cl)ccc2Cl)CCS1. The molecule has 1 atom stereocenters. The Morgan fingerprint density at radius 3 is 3.06 bits per heavy atom. The lowest BCUT2D eigenvalue weighted by atomic mass is 10.2. The molecule has 2 rings (SSSR count). The van der Waals surface area contributed by atoms with Crippen LogP contribution in [0.2, 0.25) is 10.2 Å². The zero-order valence-corrected chi connectivity index (χ0v) is 12.2. The number of pyridine rings is 1. The molecule has 0 aromatic carbocycles. The standard InChI is InChI=1S/C12H16Cl2N2S/c1-2-9-7-16(5-6-17-9)8-11-10(13)3-4-12(14)15-11/h3-4,9H,2,5-8H2,1H3. The predicted molar refractivity (Wildman–Crippen MR) is 76.1 cm³/mol. The third kappa shape index (κ3) is 3.75. The van der Waals surface area contributed by atoms with E-state index in [0.29, 0.717) is 10.2 Å². The highest BCUT2D eigenvalue weighted by Crippen LogP contribution is 2.24. The van der Waals surface area contributed by atoms with Crippen LogP contribution in [0.4, 0.5) is 0 Å². The normalized spacial score (nSPS) is 21.7. The van der Waals surface area contributed by atoms with Crippen LogP contribution in [0.5, 0.6) is 0 Å². The monoisotopic (exact) mass is 290 g/mol. The van der Waals surface area contributed by atoms with Crippen LogP contribution in [0.25, 0.3) is 0 Å². The van der Waals surface area contributed by atoms with E-state index < -0.39 is 0 Å². The van der Waals surface area contributed by atoms with E-state index in [4.69, 9.17) is 23.2 Å². The fraction of sp³-hybridized carbons (Fsp3) is 0.583. The summed E-state index contributed by atoms with van der Waals surface area (Å²) in [5.74, 6) is 1.19. The van der Waals surface area contributed by atoms with Gasteiger partial charge in [-0.3, -0.25) is 4.90 Å². The van der Waals surface area contributed by atoms with Crippen molar-refractivity contribution in [2.45, 2.75) is 25.1 Å². The summed E-state index contributed by atoms with van der Waals surface area (Å²) in [6.45, 7) is 5.26. The molecule has 1 saturated heterocycles. The maximum atomic E-state index is 6.13. The highest BCUT2D eigenvalue weighted by atomic mass is 35.5. The highest BCUT2D eigenvalue weighted by molar-refractivity contribution is 8.00. The van der Waals surface area contributed by atoms with Gasteiger partial charge in [0.1, 0.15) is 5.15 Å². The van der Waals surface area contributed by atoms with Crippen molar-refractivity contribution in [2.75, 3.05) is 18.8 Å². The van der Waals surface area contributed by atoms with E-state index in [-0.39, 0.29) is 0 Å². The zero-order chi connectivity index (χ0) is 12.3. The van der Waals surface area contributed by atoms with Crippen LogP contribution < -0.4 is 0 Å². The van der Waals surface area contributed by atoms with Crippen LogP contribution in [0.3, 0.4) is 0 Å². The van der Waals surface area contributed by atoms with E-state index in [2.05, 4.69) is 28.6 Å². The molecule has 1 aromatic heterocycles. The van der Waals surface area contributed by atoms with Crippen molar-refractivity contribution in [2.24, 2.45) is 0 Å². The highest BCUT2D eigenvalue weighted by Gasteiger charge is 2.20. The average Bonchev–Trinajstić information content (AvgIpc) is 2.34. The van der Waals surface area contributed by atoms with Crippen LogP contribution in [-0.4, -0.2) is 34.0 Å². The molecule has 0 bridgehead atoms. The molecule has 0 spiro atoms. The summed E-state index contributed by atoms with van der Waals surface area (Å²) in [4.78, 5) is 6.71. The molecule has 1 aliphatic rings. The molecule has 94 valence electrons. The Hall–Kier alpha value is 0.0400. The van der Waals surface area contributed by atoms with E-state index in [1.807, 2.05) is 6.07 Å². The minimum atomic E-state index is 0.517. The number of nitrogens with zero attached hydrogens (tertiary/aromatic N) is 2. The number of halogens is 2. The molecule has 1 aromatic rings. The van der Waals surface area contributed by atoms with E-state index in [0.717, 1.165) is 30.6 Å². The van der Waals surface area contributed by atoms with Crippen molar-refractivity contribution in [1.82, 2.24) is 9.88 Å². The molecule has 0 saturated carbocycles. The van der Waals surface area contributed by atoms with Gasteiger partial charge in [0.15, 0.2) is 0 Å². The number of hydrogen-bond acceptors (Lipinski definition) is 3. The van der Waals surface area contributed by atoms with Crippen molar-refractivity contribution in [3.63, 3.8) is 0 Å². The van der Waals surface area contributed by atoms with Gasteiger partial charge in [0, 0.05) is 30.6 Å². The molecule has 0 radical (unpaired) electrons. The first-order valence-electron chi connectivity index (χ1n) is 5.84. The first-order valence-corrected chi connectivity index (χ1v) is 7.64. The number of aromatic nitrogens is 1. The van der Waals surface area contributed by atoms with E-state index >= 15 is 0 Å². The summed E-state index contributed by atoms with van der Waals surface area (Å²) in [7, 11) is 0. The van der Waals surface area contributed by atoms with Crippen LogP contribution in [0.1, 0.15) is 19.0 Å². The molecule has 1 fully saturated rings. The lowest BCUT2D eigenvalue weighted by Gasteiger charge is -2.31. The molecule has 0 amide bonds. The Bertz CT molecular complexity index is 387. The topological polar surface area (TPSA) is 16.1 Å². The minimum Gasteiger partial charge on any atom is -0.296 e. The van der Waals surface area contributed by atoms with Crippen LogP contribution >= 0.6 is 35.0 Å². The van der Waals surface area contributed by atoms with Gasteiger partial charge in [-0.15, -0.1) is 0 Å². The first kappa shape index (κ1) is 13.5. The van der Waals surface area contributed by atoms with Crippen LogP contribution in [0.15, 0.2) is 12.1 Å². The fourth-order valence-electron chi connectivity index (χ4n) is 1.95. The number of hydrogen-bond donors (Lipinski definition) is 0. The second kappa shape index (κ2) is 6.28. The summed E-state index contributed by atoms with van der Waals surface area (Å²) >= 11 is 14.1. The number of rotatable bonds is 3. The molecule has 0 aliphatic carbocycles. The molecular weight excluding hydrogens is 275 g/mol. The largest absolute Gasteiger partial charge is 0.296 e. The van der Waals surface area contributed by atoms with Crippen molar-refractivity contribution < 1.29 is 0 Å². The van der Waals surface area contributed by atoms with Crippen molar-refractivity contribution in [3.8, 4) is 0 Å². The molecule has 2 heterocycles. The Morgan fingerprint density at radius 2 is 2.29 bits per heavy atom. The molecule has 2 nitrogen and oxygen atoms in total. The van der Waals surface area contributed by atoms with Crippen molar-refractivity contribution in [1.29, 1.82) is 0 Å². The fourth-order valence-corrected chi connectivity index (χ4v) is 3.53. The van der Waals surface area contributed by atoms with Gasteiger partial charge in [-0.1, -0.05) is 30.1 Å². The Balaban J connectivity index is 2.02. The second-order valence-electron chi connectivity index (χ2n) is 4.20. The van der Waals surface area contributed by atoms with Gasteiger partial charge >= 0.3 is 0 Å². The van der Waals surface area contributed by atoms with Crippen LogP contribution in [0, 0.1) is 0 Å². The summed E-state index contributed by atoms with van der Waals surface area (Å²) in [6.07, 6.45) is 1.22. The zero-order valence-electron chi connectivity index (χ0n) is 9.83. The van der Waals surface area contributed by atoms with Gasteiger partial charge in [-0.05, 0) is 18.6 Å². The summed E-state index contributed by atoms with van der Waals surface area (Å²) in [5, 5.41) is 1.96. The lowest BCUT2D eigenvalue weighted by molar-refractivity contribution is 0.270. The Kier molecular flexibility index (Phi) is 4.97. The lowest BCUT2D eigenvalue weighted by Crippen LogP contribution is -2.37. The Labute approximate surface area is 117 Å². The summed E-state index contributed by atoms with van der Waals surface area (Å²) < 4.78 is 0. The van der Waals surface area contributed by atoms with E-state index in [1.165, 1.54) is 12.2 Å². The maximum Gasteiger partial charge on any atom is 0.129 e. The van der Waals surface area contributed by atoms with Crippen molar-refractivity contribution in [3.05, 3.63) is 28.0 Å². The third-order valence-corrected chi connectivity index (χ3v) is 4.86. The third-order valence-electron chi connectivity index (χ3n) is 2.94. The van der Waals surface area contributed by atoms with Crippen molar-refractivity contribution >= 4 is 35.0 Å². The predicted octanol–water partition coefficient (Wildman–Crippen LogP) is 3.72. The molecule has 1 unspecified atom stereocenters. The van der Waals surface area contributed by atoms with Gasteiger partial charge < -0.3 is 0 Å². The maximum absolute atomic E-state index is 6.13. The number of thioether (sulfide) groups is 1. The van der Waals surface area contributed by atoms with Gasteiger partial charge in [-0.25, -0.2) is 4.98 Å². The quantitative estimate of drug-likeness (QED) is 0.790. The first-order chi connectivity index (χ1) is 8.19.